The first kappa shape index (κ1) is 15.0. The van der Waals surface area contributed by atoms with Crippen LogP contribution in [0.15, 0.2) is 0 Å². The number of ketones is 1. The highest BCUT2D eigenvalue weighted by Crippen LogP contribution is 2.61. The Bertz CT molecular complexity index is 476. The van der Waals surface area contributed by atoms with Crippen LogP contribution in [0.3, 0.4) is 0 Å². The number of fused-ring (bicyclic) bond motifs is 3. The second-order valence-corrected chi connectivity index (χ2v) is 10.9. The van der Waals surface area contributed by atoms with Gasteiger partial charge >= 0.3 is 5.97 Å². The molecule has 3 fully saturated rings. The molecule has 5 heteroatoms. The van der Waals surface area contributed by atoms with Crippen LogP contribution >= 0.6 is 31.9 Å². The van der Waals surface area contributed by atoms with Crippen molar-refractivity contribution in [3.05, 3.63) is 0 Å². The molecule has 0 spiro atoms. The Morgan fingerprint density at radius 2 is 1.85 bits per heavy atom. The summed E-state index contributed by atoms with van der Waals surface area (Å²) in [6.07, 6.45) is 2.74. The molecule has 1 saturated heterocycles. The lowest BCUT2D eigenvalue weighted by molar-refractivity contribution is -0.157. The molecule has 3 aliphatic rings. The number of carbonyl (C=O) groups excluding carboxylic acids is 2. The SMILES string of the molecule is C[C@@H]1C(=O)O[C@@H]2[C@H]1CC[C@@]1(C)CC(Br)(Br)C(=O)[C@@H](C)[C@H]21. The van der Waals surface area contributed by atoms with Crippen LogP contribution < -0.4 is 0 Å². The number of esters is 1. The molecule has 0 radical (unpaired) electrons. The molecule has 0 aromatic heterocycles. The van der Waals surface area contributed by atoms with E-state index in [4.69, 9.17) is 4.74 Å². The maximum atomic E-state index is 12.6. The fraction of sp³-hybridized carbons (Fsp3) is 0.867. The van der Waals surface area contributed by atoms with Gasteiger partial charge < -0.3 is 4.74 Å². The van der Waals surface area contributed by atoms with E-state index in [9.17, 15) is 9.59 Å². The normalized spacial score (nSPS) is 50.4. The van der Waals surface area contributed by atoms with Gasteiger partial charge in [-0.3, -0.25) is 9.59 Å². The largest absolute Gasteiger partial charge is 0.461 e. The molecule has 0 unspecified atom stereocenters. The van der Waals surface area contributed by atoms with E-state index in [2.05, 4.69) is 38.8 Å². The molecule has 112 valence electrons. The number of alkyl halides is 2. The molecule has 6 atom stereocenters. The first-order valence-corrected chi connectivity index (χ1v) is 8.89. The maximum Gasteiger partial charge on any atom is 0.309 e. The molecular weight excluding hydrogens is 388 g/mol. The van der Waals surface area contributed by atoms with Crippen molar-refractivity contribution in [1.29, 1.82) is 0 Å². The highest BCUT2D eigenvalue weighted by molar-refractivity contribution is 9.25. The van der Waals surface area contributed by atoms with Gasteiger partial charge in [-0.05, 0) is 24.7 Å². The predicted molar refractivity (Wildman–Crippen MR) is 82.7 cm³/mol. The van der Waals surface area contributed by atoms with E-state index in [-0.39, 0.29) is 46.9 Å². The average Bonchev–Trinajstić information content (AvgIpc) is 2.61. The third-order valence-corrected chi connectivity index (χ3v) is 7.18. The van der Waals surface area contributed by atoms with Crippen molar-refractivity contribution in [2.75, 3.05) is 0 Å². The summed E-state index contributed by atoms with van der Waals surface area (Å²) in [4.78, 5) is 24.5. The van der Waals surface area contributed by atoms with E-state index in [1.165, 1.54) is 0 Å². The van der Waals surface area contributed by atoms with Crippen LogP contribution in [0.2, 0.25) is 0 Å². The van der Waals surface area contributed by atoms with Crippen molar-refractivity contribution < 1.29 is 14.3 Å². The molecule has 0 N–H and O–H groups in total. The van der Waals surface area contributed by atoms with Crippen molar-refractivity contribution in [1.82, 2.24) is 0 Å². The molecule has 2 saturated carbocycles. The number of rotatable bonds is 0. The summed E-state index contributed by atoms with van der Waals surface area (Å²) in [5.41, 5.74) is 0.0336. The summed E-state index contributed by atoms with van der Waals surface area (Å²) >= 11 is 7.10. The summed E-state index contributed by atoms with van der Waals surface area (Å²) in [6.45, 7) is 6.19. The topological polar surface area (TPSA) is 43.4 Å². The molecule has 2 aliphatic carbocycles. The molecule has 0 aromatic rings. The zero-order chi connectivity index (χ0) is 14.9. The molecule has 20 heavy (non-hydrogen) atoms. The fourth-order valence-corrected chi connectivity index (χ4v) is 6.79. The Balaban J connectivity index is 1.99. The summed E-state index contributed by atoms with van der Waals surface area (Å²) < 4.78 is 5.06. The number of hydrogen-bond donors (Lipinski definition) is 0. The Morgan fingerprint density at radius 1 is 1.20 bits per heavy atom. The van der Waals surface area contributed by atoms with Gasteiger partial charge in [0.2, 0.25) is 0 Å². The van der Waals surface area contributed by atoms with Crippen molar-refractivity contribution in [2.45, 2.75) is 49.4 Å². The third kappa shape index (κ3) is 1.95. The van der Waals surface area contributed by atoms with Crippen molar-refractivity contribution in [3.8, 4) is 0 Å². The molecule has 3 nitrogen and oxygen atoms in total. The van der Waals surface area contributed by atoms with E-state index in [0.717, 1.165) is 19.3 Å². The van der Waals surface area contributed by atoms with Crippen LogP contribution in [0.25, 0.3) is 0 Å². The molecule has 1 heterocycles. The van der Waals surface area contributed by atoms with Gasteiger partial charge in [-0.1, -0.05) is 52.6 Å². The molecule has 0 aromatic carbocycles. The summed E-state index contributed by atoms with van der Waals surface area (Å²) in [7, 11) is 0. The van der Waals surface area contributed by atoms with Gasteiger partial charge in [-0.25, -0.2) is 0 Å². The van der Waals surface area contributed by atoms with E-state index in [1.54, 1.807) is 0 Å². The lowest BCUT2D eigenvalue weighted by Crippen LogP contribution is -2.57. The average molecular weight is 408 g/mol. The highest BCUT2D eigenvalue weighted by Gasteiger charge is 2.62. The van der Waals surface area contributed by atoms with Gasteiger partial charge in [0.1, 0.15) is 9.34 Å². The summed E-state index contributed by atoms with van der Waals surface area (Å²) in [6, 6.07) is 0. The zero-order valence-electron chi connectivity index (χ0n) is 12.0. The second kappa shape index (κ2) is 4.55. The molecule has 0 amide bonds. The molecule has 0 bridgehead atoms. The summed E-state index contributed by atoms with van der Waals surface area (Å²) in [5, 5.41) is 0. The van der Waals surface area contributed by atoms with Crippen LogP contribution in [0.1, 0.15) is 40.0 Å². The first-order chi connectivity index (χ1) is 9.17. The van der Waals surface area contributed by atoms with Gasteiger partial charge in [0.15, 0.2) is 5.78 Å². The van der Waals surface area contributed by atoms with Gasteiger partial charge in [0.25, 0.3) is 0 Å². The molecule has 1 aliphatic heterocycles. The number of ether oxygens (including phenoxy) is 1. The van der Waals surface area contributed by atoms with Crippen molar-refractivity contribution in [3.63, 3.8) is 0 Å². The number of carbonyl (C=O) groups is 2. The first-order valence-electron chi connectivity index (χ1n) is 7.30. The Morgan fingerprint density at radius 3 is 2.50 bits per heavy atom. The number of Topliss-reactive ketones (excluding diaryl/α,β-unsaturated/α-hetero) is 1. The Kier molecular flexibility index (Phi) is 3.41. The minimum Gasteiger partial charge on any atom is -0.461 e. The van der Waals surface area contributed by atoms with E-state index in [1.807, 2.05) is 13.8 Å². The standard InChI is InChI=1S/C15H20Br2O3/c1-7-9-4-5-14(3)6-15(16,17)12(18)8(2)10(14)11(9)20-13(7)19/h7-11H,4-6H2,1-3H3/t7-,8-,9-,10+,11+,14-/m0/s1. The summed E-state index contributed by atoms with van der Waals surface area (Å²) in [5.74, 6) is 0.402. The van der Waals surface area contributed by atoms with E-state index in [0.29, 0.717) is 0 Å². The highest BCUT2D eigenvalue weighted by atomic mass is 79.9. The van der Waals surface area contributed by atoms with E-state index < -0.39 is 3.23 Å². The monoisotopic (exact) mass is 406 g/mol. The lowest BCUT2D eigenvalue weighted by atomic mass is 9.53. The molecular formula is C15H20Br2O3. The van der Waals surface area contributed by atoms with Crippen LogP contribution in [0.4, 0.5) is 0 Å². The van der Waals surface area contributed by atoms with Crippen LogP contribution in [0, 0.1) is 29.1 Å². The Hall–Kier alpha value is 0.1000. The predicted octanol–water partition coefficient (Wildman–Crippen LogP) is 3.68. The van der Waals surface area contributed by atoms with Crippen LogP contribution in [-0.2, 0) is 14.3 Å². The Labute approximate surface area is 136 Å². The zero-order valence-corrected chi connectivity index (χ0v) is 15.2. The number of halogens is 2. The lowest BCUT2D eigenvalue weighted by Gasteiger charge is -2.54. The van der Waals surface area contributed by atoms with Crippen LogP contribution in [-0.4, -0.2) is 21.1 Å². The molecule has 3 rings (SSSR count). The smallest absolute Gasteiger partial charge is 0.309 e. The minimum absolute atomic E-state index is 0.0218. The van der Waals surface area contributed by atoms with Gasteiger partial charge in [0, 0.05) is 17.8 Å². The quantitative estimate of drug-likeness (QED) is 0.454. The van der Waals surface area contributed by atoms with Gasteiger partial charge in [0.05, 0.1) is 5.92 Å². The van der Waals surface area contributed by atoms with E-state index >= 15 is 0 Å². The minimum atomic E-state index is -0.619. The van der Waals surface area contributed by atoms with Gasteiger partial charge in [-0.15, -0.1) is 0 Å². The second-order valence-electron chi connectivity index (χ2n) is 7.11. The van der Waals surface area contributed by atoms with Crippen molar-refractivity contribution >= 4 is 43.6 Å². The van der Waals surface area contributed by atoms with Crippen LogP contribution in [0.5, 0.6) is 0 Å². The number of hydrogen-bond acceptors (Lipinski definition) is 3. The van der Waals surface area contributed by atoms with Crippen molar-refractivity contribution in [2.24, 2.45) is 29.1 Å². The van der Waals surface area contributed by atoms with Gasteiger partial charge in [-0.2, -0.15) is 0 Å². The fourth-order valence-electron chi connectivity index (χ4n) is 4.79. The maximum absolute atomic E-state index is 12.6. The third-order valence-electron chi connectivity index (χ3n) is 5.83.